The van der Waals surface area contributed by atoms with Gasteiger partial charge in [0.05, 0.1) is 6.54 Å². The third kappa shape index (κ3) is 3.37. The van der Waals surface area contributed by atoms with E-state index in [1.807, 2.05) is 25.3 Å². The van der Waals surface area contributed by atoms with Crippen molar-refractivity contribution in [3.8, 4) is 0 Å². The number of carboxylic acids is 1. The highest BCUT2D eigenvalue weighted by molar-refractivity contribution is 7.10. The summed E-state index contributed by atoms with van der Waals surface area (Å²) >= 11 is 1.59. The number of nitrogens with one attached hydrogen (secondary N) is 1. The van der Waals surface area contributed by atoms with Gasteiger partial charge in [-0.15, -0.1) is 11.3 Å². The molecule has 2 N–H and O–H groups in total. The highest BCUT2D eigenvalue weighted by Gasteiger charge is 2.34. The standard InChI is InChI=1S/C14H20N2O3S/c1-9(2)7-15-12(17)8-16-5-3-11-10(4-6-20-11)13(16)14(18)19/h4,6,9,13H,3,5,7-8H2,1-2H3,(H,15,17)(H,18,19). The van der Waals surface area contributed by atoms with Gasteiger partial charge < -0.3 is 10.4 Å². The first-order chi connectivity index (χ1) is 9.49. The summed E-state index contributed by atoms with van der Waals surface area (Å²) in [6, 6.07) is 1.16. The Balaban J connectivity index is 2.04. The van der Waals surface area contributed by atoms with Gasteiger partial charge in [0.25, 0.3) is 0 Å². The molecule has 1 amide bonds. The summed E-state index contributed by atoms with van der Waals surface area (Å²) in [5.41, 5.74) is 0.838. The highest BCUT2D eigenvalue weighted by atomic mass is 32.1. The van der Waals surface area contributed by atoms with Gasteiger partial charge in [-0.25, -0.2) is 0 Å². The summed E-state index contributed by atoms with van der Waals surface area (Å²) in [7, 11) is 0. The second-order valence-electron chi connectivity index (χ2n) is 5.46. The molecule has 0 saturated heterocycles. The molecule has 0 aromatic carbocycles. The van der Waals surface area contributed by atoms with E-state index in [4.69, 9.17) is 0 Å². The number of carbonyl (C=O) groups excluding carboxylic acids is 1. The van der Waals surface area contributed by atoms with Crippen molar-refractivity contribution in [2.75, 3.05) is 19.6 Å². The maximum absolute atomic E-state index is 11.9. The Kier molecular flexibility index (Phi) is 4.77. The van der Waals surface area contributed by atoms with Crippen LogP contribution in [-0.2, 0) is 16.0 Å². The molecule has 110 valence electrons. The van der Waals surface area contributed by atoms with E-state index in [0.29, 0.717) is 19.0 Å². The predicted molar refractivity (Wildman–Crippen MR) is 77.8 cm³/mol. The molecular formula is C14H20N2O3S. The maximum Gasteiger partial charge on any atom is 0.325 e. The zero-order chi connectivity index (χ0) is 14.7. The van der Waals surface area contributed by atoms with E-state index in [0.717, 1.165) is 16.9 Å². The normalized spacial score (nSPS) is 18.9. The van der Waals surface area contributed by atoms with Crippen LogP contribution in [0.3, 0.4) is 0 Å². The molecule has 6 heteroatoms. The Hall–Kier alpha value is -1.40. The number of rotatable bonds is 5. The number of fused-ring (bicyclic) bond motifs is 1. The molecular weight excluding hydrogens is 276 g/mol. The molecule has 1 aliphatic rings. The number of carboxylic acid groups (broad SMARTS) is 1. The summed E-state index contributed by atoms with van der Waals surface area (Å²) in [6.07, 6.45) is 0.814. The Morgan fingerprint density at radius 1 is 1.55 bits per heavy atom. The number of amides is 1. The van der Waals surface area contributed by atoms with Crippen LogP contribution in [0.4, 0.5) is 0 Å². The van der Waals surface area contributed by atoms with Gasteiger partial charge in [-0.3, -0.25) is 14.5 Å². The third-order valence-corrected chi connectivity index (χ3v) is 4.35. The fourth-order valence-electron chi connectivity index (χ4n) is 2.39. The van der Waals surface area contributed by atoms with Gasteiger partial charge >= 0.3 is 5.97 Å². The topological polar surface area (TPSA) is 69.6 Å². The second-order valence-corrected chi connectivity index (χ2v) is 6.46. The molecule has 2 rings (SSSR count). The fraction of sp³-hybridized carbons (Fsp3) is 0.571. The van der Waals surface area contributed by atoms with E-state index >= 15 is 0 Å². The predicted octanol–water partition coefficient (Wildman–Crippen LogP) is 1.50. The van der Waals surface area contributed by atoms with Crippen molar-refractivity contribution in [2.45, 2.75) is 26.3 Å². The van der Waals surface area contributed by atoms with E-state index in [-0.39, 0.29) is 12.5 Å². The maximum atomic E-state index is 11.9. The summed E-state index contributed by atoms with van der Waals surface area (Å²) in [5, 5.41) is 14.2. The third-order valence-electron chi connectivity index (χ3n) is 3.35. The Labute approximate surface area is 122 Å². The molecule has 2 heterocycles. The van der Waals surface area contributed by atoms with Gasteiger partial charge in [0, 0.05) is 18.0 Å². The molecule has 1 aromatic heterocycles. The Morgan fingerprint density at radius 3 is 2.95 bits per heavy atom. The lowest BCUT2D eigenvalue weighted by molar-refractivity contribution is -0.144. The molecule has 0 fully saturated rings. The van der Waals surface area contributed by atoms with Crippen LogP contribution in [0.2, 0.25) is 0 Å². The van der Waals surface area contributed by atoms with Crippen molar-refractivity contribution in [3.05, 3.63) is 21.9 Å². The Bertz CT molecular complexity index is 498. The summed E-state index contributed by atoms with van der Waals surface area (Å²) in [6.45, 7) is 5.42. The van der Waals surface area contributed by atoms with Crippen LogP contribution in [0.15, 0.2) is 11.4 Å². The van der Waals surface area contributed by atoms with E-state index < -0.39 is 12.0 Å². The number of aliphatic carboxylic acids is 1. The quantitative estimate of drug-likeness (QED) is 0.864. The lowest BCUT2D eigenvalue weighted by Gasteiger charge is -2.32. The monoisotopic (exact) mass is 296 g/mol. The number of hydrogen-bond acceptors (Lipinski definition) is 4. The van der Waals surface area contributed by atoms with Crippen LogP contribution in [0.5, 0.6) is 0 Å². The Morgan fingerprint density at radius 2 is 2.30 bits per heavy atom. The van der Waals surface area contributed by atoms with Crippen molar-refractivity contribution < 1.29 is 14.7 Å². The van der Waals surface area contributed by atoms with Gasteiger partial charge in [0.15, 0.2) is 0 Å². The van der Waals surface area contributed by atoms with E-state index in [1.165, 1.54) is 0 Å². The second kappa shape index (κ2) is 6.37. The molecule has 1 aliphatic heterocycles. The first-order valence-electron chi connectivity index (χ1n) is 6.79. The summed E-state index contributed by atoms with van der Waals surface area (Å²) in [5.74, 6) is -0.608. The summed E-state index contributed by atoms with van der Waals surface area (Å²) < 4.78 is 0. The van der Waals surface area contributed by atoms with Crippen molar-refractivity contribution in [1.82, 2.24) is 10.2 Å². The lowest BCUT2D eigenvalue weighted by atomic mass is 10.00. The van der Waals surface area contributed by atoms with Crippen LogP contribution in [0, 0.1) is 5.92 Å². The van der Waals surface area contributed by atoms with Gasteiger partial charge in [-0.05, 0) is 29.3 Å². The molecule has 0 spiro atoms. The number of thiophene rings is 1. The number of carbonyl (C=O) groups is 2. The summed E-state index contributed by atoms with van der Waals surface area (Å²) in [4.78, 5) is 26.3. The molecule has 1 atom stereocenters. The molecule has 1 aromatic rings. The van der Waals surface area contributed by atoms with Gasteiger partial charge in [0.2, 0.25) is 5.91 Å². The molecule has 1 unspecified atom stereocenters. The van der Waals surface area contributed by atoms with Crippen LogP contribution < -0.4 is 5.32 Å². The number of nitrogens with zero attached hydrogens (tertiary/aromatic N) is 1. The minimum Gasteiger partial charge on any atom is -0.480 e. The first-order valence-corrected chi connectivity index (χ1v) is 7.66. The lowest BCUT2D eigenvalue weighted by Crippen LogP contribution is -2.45. The zero-order valence-corrected chi connectivity index (χ0v) is 12.6. The molecule has 0 aliphatic carbocycles. The largest absolute Gasteiger partial charge is 0.480 e. The first kappa shape index (κ1) is 15.0. The van der Waals surface area contributed by atoms with Crippen molar-refractivity contribution in [3.63, 3.8) is 0 Å². The van der Waals surface area contributed by atoms with E-state index in [2.05, 4.69) is 5.32 Å². The van der Waals surface area contributed by atoms with Crippen molar-refractivity contribution >= 4 is 23.2 Å². The van der Waals surface area contributed by atoms with E-state index in [9.17, 15) is 14.7 Å². The molecule has 0 saturated carbocycles. The zero-order valence-electron chi connectivity index (χ0n) is 11.8. The molecule has 5 nitrogen and oxygen atoms in total. The van der Waals surface area contributed by atoms with Crippen LogP contribution in [0.1, 0.15) is 30.3 Å². The average Bonchev–Trinajstić information content (AvgIpc) is 2.83. The van der Waals surface area contributed by atoms with Crippen LogP contribution >= 0.6 is 11.3 Å². The SMILES string of the molecule is CC(C)CNC(=O)CN1CCc2sccc2C1C(=O)O. The molecule has 20 heavy (non-hydrogen) atoms. The highest BCUT2D eigenvalue weighted by Crippen LogP contribution is 2.33. The van der Waals surface area contributed by atoms with Crippen molar-refractivity contribution in [1.29, 1.82) is 0 Å². The number of hydrogen-bond donors (Lipinski definition) is 2. The smallest absolute Gasteiger partial charge is 0.325 e. The fourth-order valence-corrected chi connectivity index (χ4v) is 3.29. The minimum absolute atomic E-state index is 0.108. The minimum atomic E-state index is -0.888. The van der Waals surface area contributed by atoms with Crippen molar-refractivity contribution in [2.24, 2.45) is 5.92 Å². The van der Waals surface area contributed by atoms with Gasteiger partial charge in [-0.2, -0.15) is 0 Å². The van der Waals surface area contributed by atoms with Crippen LogP contribution in [-0.4, -0.2) is 41.5 Å². The van der Waals surface area contributed by atoms with E-state index in [1.54, 1.807) is 16.2 Å². The van der Waals surface area contributed by atoms with Crippen LogP contribution in [0.25, 0.3) is 0 Å². The van der Waals surface area contributed by atoms with Gasteiger partial charge in [-0.1, -0.05) is 13.8 Å². The average molecular weight is 296 g/mol. The molecule has 0 bridgehead atoms. The molecule has 0 radical (unpaired) electrons. The van der Waals surface area contributed by atoms with Gasteiger partial charge in [0.1, 0.15) is 6.04 Å².